The number of hydrogen-bond acceptors (Lipinski definition) is 8. The van der Waals surface area contributed by atoms with Crippen molar-refractivity contribution in [2.75, 3.05) is 64.3 Å². The Kier molecular flexibility index (Phi) is 10.3. The number of aromatic nitrogens is 2. The number of nitrogens with zero attached hydrogens (tertiary/aromatic N) is 3. The zero-order valence-corrected chi connectivity index (χ0v) is 22.8. The number of carbonyl (C=O) groups excluding carboxylic acids is 1. The van der Waals surface area contributed by atoms with Crippen LogP contribution in [-0.4, -0.2) is 74.4 Å². The summed E-state index contributed by atoms with van der Waals surface area (Å²) in [6.45, 7) is 2.88. The number of carbonyl (C=O) groups is 1. The van der Waals surface area contributed by atoms with E-state index in [1.807, 2.05) is 12.1 Å². The fraction of sp³-hybridized carbons (Fsp3) is 0.393. The number of methoxy groups -OCH3 is 2. The molecule has 1 aromatic heterocycles. The second-order valence-electron chi connectivity index (χ2n) is 9.19. The van der Waals surface area contributed by atoms with Crippen molar-refractivity contribution in [3.8, 4) is 5.75 Å². The van der Waals surface area contributed by atoms with Crippen molar-refractivity contribution in [3.63, 3.8) is 0 Å². The molecular formula is C28H33ClFN5O4. The largest absolute Gasteiger partial charge is 0.491 e. The van der Waals surface area contributed by atoms with Crippen molar-refractivity contribution in [1.29, 1.82) is 0 Å². The number of hydrogen-bond donors (Lipinski definition) is 2. The molecule has 1 amide bonds. The summed E-state index contributed by atoms with van der Waals surface area (Å²) >= 11 is 5.95. The Morgan fingerprint density at radius 3 is 2.62 bits per heavy atom. The maximum atomic E-state index is 13.6. The Morgan fingerprint density at radius 2 is 1.92 bits per heavy atom. The monoisotopic (exact) mass is 557 g/mol. The van der Waals surface area contributed by atoms with E-state index in [2.05, 4.69) is 20.6 Å². The van der Waals surface area contributed by atoms with Crippen molar-refractivity contribution < 1.29 is 23.4 Å². The molecule has 1 saturated carbocycles. The van der Waals surface area contributed by atoms with E-state index in [-0.39, 0.29) is 10.9 Å². The summed E-state index contributed by atoms with van der Waals surface area (Å²) in [5.74, 6) is 1.17. The van der Waals surface area contributed by atoms with E-state index in [4.69, 9.17) is 25.8 Å². The van der Waals surface area contributed by atoms with Gasteiger partial charge in [-0.05, 0) is 43.0 Å². The van der Waals surface area contributed by atoms with Crippen LogP contribution < -0.4 is 15.4 Å². The second kappa shape index (κ2) is 14.1. The Morgan fingerprint density at radius 1 is 1.15 bits per heavy atom. The SMILES string of the molecule is COCCN(CCOC)C(=O)C=CCNc1cc2c(Nc3ccc(F)c(Cl)c3)ncnc2cc1OCC1CC1. The first-order chi connectivity index (χ1) is 19.0. The van der Waals surface area contributed by atoms with Gasteiger partial charge < -0.3 is 29.7 Å². The van der Waals surface area contributed by atoms with Crippen molar-refractivity contribution in [3.05, 3.63) is 59.7 Å². The van der Waals surface area contributed by atoms with E-state index in [0.717, 1.165) is 11.1 Å². The first-order valence-electron chi connectivity index (χ1n) is 12.8. The van der Waals surface area contributed by atoms with Crippen LogP contribution in [0.3, 0.4) is 0 Å². The summed E-state index contributed by atoms with van der Waals surface area (Å²) in [5, 5.41) is 7.30. The highest BCUT2D eigenvalue weighted by atomic mass is 35.5. The van der Waals surface area contributed by atoms with Gasteiger partial charge in [-0.1, -0.05) is 17.7 Å². The molecule has 39 heavy (non-hydrogen) atoms. The average molecular weight is 558 g/mol. The molecule has 0 unspecified atom stereocenters. The maximum absolute atomic E-state index is 13.6. The Bertz CT molecular complexity index is 1300. The molecule has 2 aromatic carbocycles. The molecule has 0 saturated heterocycles. The summed E-state index contributed by atoms with van der Waals surface area (Å²) in [4.78, 5) is 23.2. The number of benzene rings is 2. The van der Waals surface area contributed by atoms with Gasteiger partial charge >= 0.3 is 0 Å². The van der Waals surface area contributed by atoms with Crippen molar-refractivity contribution in [2.24, 2.45) is 5.92 Å². The highest BCUT2D eigenvalue weighted by Gasteiger charge is 2.23. The molecule has 208 valence electrons. The minimum absolute atomic E-state index is 0.0146. The lowest BCUT2D eigenvalue weighted by atomic mass is 10.1. The van der Waals surface area contributed by atoms with E-state index >= 15 is 0 Å². The predicted molar refractivity (Wildman–Crippen MR) is 150 cm³/mol. The van der Waals surface area contributed by atoms with Crippen LogP contribution in [0.15, 0.2) is 48.8 Å². The van der Waals surface area contributed by atoms with E-state index in [0.29, 0.717) is 68.1 Å². The summed E-state index contributed by atoms with van der Waals surface area (Å²) < 4.78 is 30.0. The third-order valence-corrected chi connectivity index (χ3v) is 6.49. The van der Waals surface area contributed by atoms with Gasteiger partial charge in [-0.25, -0.2) is 14.4 Å². The van der Waals surface area contributed by atoms with Crippen LogP contribution in [0.5, 0.6) is 5.75 Å². The van der Waals surface area contributed by atoms with E-state index < -0.39 is 5.82 Å². The summed E-state index contributed by atoms with van der Waals surface area (Å²) in [6.07, 6.45) is 7.10. The molecule has 11 heteroatoms. The highest BCUT2D eigenvalue weighted by molar-refractivity contribution is 6.31. The van der Waals surface area contributed by atoms with Crippen LogP contribution in [0.2, 0.25) is 5.02 Å². The summed E-state index contributed by atoms with van der Waals surface area (Å²) in [6, 6.07) is 8.16. The molecule has 4 rings (SSSR count). The quantitative estimate of drug-likeness (QED) is 0.251. The topological polar surface area (TPSA) is 97.8 Å². The van der Waals surface area contributed by atoms with Gasteiger partial charge in [0.2, 0.25) is 5.91 Å². The molecular weight excluding hydrogens is 525 g/mol. The van der Waals surface area contributed by atoms with Crippen molar-refractivity contribution >= 4 is 45.6 Å². The lowest BCUT2D eigenvalue weighted by Crippen LogP contribution is -2.35. The number of ether oxygens (including phenoxy) is 3. The number of amides is 1. The zero-order chi connectivity index (χ0) is 27.6. The average Bonchev–Trinajstić information content (AvgIpc) is 3.77. The molecule has 0 aliphatic heterocycles. The van der Waals surface area contributed by atoms with Crippen LogP contribution in [-0.2, 0) is 14.3 Å². The molecule has 2 N–H and O–H groups in total. The Labute approximate surface area is 232 Å². The minimum atomic E-state index is -0.495. The van der Waals surface area contributed by atoms with Crippen LogP contribution in [0.1, 0.15) is 12.8 Å². The minimum Gasteiger partial charge on any atom is -0.491 e. The van der Waals surface area contributed by atoms with Crippen LogP contribution in [0, 0.1) is 11.7 Å². The number of anilines is 3. The molecule has 0 atom stereocenters. The standard InChI is InChI=1S/C28H33ClFN5O4/c1-37-12-10-35(11-13-38-2)27(36)4-3-9-31-25-15-21-24(16-26(25)39-17-19-5-6-19)32-18-33-28(21)34-20-7-8-23(30)22(29)14-20/h3-4,7-8,14-16,18-19,31H,5-6,9-13,17H2,1-2H3,(H,32,33,34). The van der Waals surface area contributed by atoms with Crippen LogP contribution in [0.4, 0.5) is 21.6 Å². The van der Waals surface area contributed by atoms with E-state index in [1.165, 1.54) is 31.3 Å². The van der Waals surface area contributed by atoms with Gasteiger partial charge in [-0.3, -0.25) is 4.79 Å². The first kappa shape index (κ1) is 28.5. The maximum Gasteiger partial charge on any atom is 0.246 e. The lowest BCUT2D eigenvalue weighted by Gasteiger charge is -2.20. The molecule has 3 aromatic rings. The molecule has 1 heterocycles. The third kappa shape index (κ3) is 8.26. The van der Waals surface area contributed by atoms with Gasteiger partial charge in [0.05, 0.1) is 36.0 Å². The Hall–Kier alpha value is -3.47. The number of nitrogens with one attached hydrogen (secondary N) is 2. The summed E-state index contributed by atoms with van der Waals surface area (Å²) in [5.41, 5.74) is 2.03. The zero-order valence-electron chi connectivity index (χ0n) is 22.1. The molecule has 0 bridgehead atoms. The van der Waals surface area contributed by atoms with Gasteiger partial charge in [-0.15, -0.1) is 0 Å². The van der Waals surface area contributed by atoms with Crippen molar-refractivity contribution in [2.45, 2.75) is 12.8 Å². The number of halogens is 2. The van der Waals surface area contributed by atoms with E-state index in [9.17, 15) is 9.18 Å². The molecule has 0 spiro atoms. The predicted octanol–water partition coefficient (Wildman–Crippen LogP) is 5.04. The molecule has 0 radical (unpaired) electrons. The van der Waals surface area contributed by atoms with E-state index in [1.54, 1.807) is 37.3 Å². The van der Waals surface area contributed by atoms with Crippen LogP contribution in [0.25, 0.3) is 10.9 Å². The lowest BCUT2D eigenvalue weighted by molar-refractivity contribution is -0.127. The first-order valence-corrected chi connectivity index (χ1v) is 13.2. The normalized spacial score (nSPS) is 13.1. The van der Waals surface area contributed by atoms with Gasteiger partial charge in [0.1, 0.15) is 23.7 Å². The van der Waals surface area contributed by atoms with Crippen molar-refractivity contribution in [1.82, 2.24) is 14.9 Å². The fourth-order valence-electron chi connectivity index (χ4n) is 3.81. The molecule has 1 aliphatic carbocycles. The van der Waals surface area contributed by atoms with Crippen LogP contribution >= 0.6 is 11.6 Å². The third-order valence-electron chi connectivity index (χ3n) is 6.20. The molecule has 9 nitrogen and oxygen atoms in total. The smallest absolute Gasteiger partial charge is 0.246 e. The summed E-state index contributed by atoms with van der Waals surface area (Å²) in [7, 11) is 3.21. The highest BCUT2D eigenvalue weighted by Crippen LogP contribution is 2.36. The number of fused-ring (bicyclic) bond motifs is 1. The fourth-order valence-corrected chi connectivity index (χ4v) is 3.99. The van der Waals surface area contributed by atoms with Gasteiger partial charge in [0.15, 0.2) is 0 Å². The molecule has 1 aliphatic rings. The Balaban J connectivity index is 1.52. The van der Waals surface area contributed by atoms with Gasteiger partial charge in [0, 0.05) is 57.1 Å². The number of rotatable bonds is 15. The van der Waals surface area contributed by atoms with Gasteiger partial charge in [-0.2, -0.15) is 0 Å². The van der Waals surface area contributed by atoms with Gasteiger partial charge in [0.25, 0.3) is 0 Å². The molecule has 1 fully saturated rings. The second-order valence-corrected chi connectivity index (χ2v) is 9.60.